The lowest BCUT2D eigenvalue weighted by Gasteiger charge is -2.05. The van der Waals surface area contributed by atoms with Crippen molar-refractivity contribution in [2.24, 2.45) is 4.99 Å². The third-order valence-corrected chi connectivity index (χ3v) is 5.18. The molecule has 0 atom stereocenters. The Morgan fingerprint density at radius 2 is 1.16 bits per heavy atom. The van der Waals surface area contributed by atoms with Crippen LogP contribution in [-0.2, 0) is 0 Å². The third kappa shape index (κ3) is 5.96. The standard InChI is InChI=1S/C22H19NS2/c1-18(24-20-13-7-3-8-14-20)17-22(23-19-11-5-2-6-12-19)25-21-15-9-4-10-16-21/h2-17H,1H3. The molecule has 0 saturated carbocycles. The molecule has 0 aromatic heterocycles. The van der Waals surface area contributed by atoms with Gasteiger partial charge in [0, 0.05) is 9.79 Å². The van der Waals surface area contributed by atoms with Gasteiger partial charge in [-0.05, 0) is 54.3 Å². The van der Waals surface area contributed by atoms with Gasteiger partial charge in [0.05, 0.1) is 5.69 Å². The van der Waals surface area contributed by atoms with Crippen molar-refractivity contribution in [3.63, 3.8) is 0 Å². The number of aliphatic imine (C=N–C) groups is 1. The Hall–Kier alpha value is -2.23. The minimum atomic E-state index is 0.967. The van der Waals surface area contributed by atoms with Crippen molar-refractivity contribution >= 4 is 34.3 Å². The van der Waals surface area contributed by atoms with Crippen LogP contribution in [-0.4, -0.2) is 5.04 Å². The average molecular weight is 362 g/mol. The van der Waals surface area contributed by atoms with Crippen LogP contribution in [0.2, 0.25) is 0 Å². The van der Waals surface area contributed by atoms with E-state index in [0.717, 1.165) is 10.7 Å². The van der Waals surface area contributed by atoms with Gasteiger partial charge in [-0.3, -0.25) is 0 Å². The molecule has 0 spiro atoms. The van der Waals surface area contributed by atoms with Gasteiger partial charge in [-0.1, -0.05) is 78.1 Å². The number of para-hydroxylation sites is 1. The van der Waals surface area contributed by atoms with Gasteiger partial charge in [0.2, 0.25) is 0 Å². The fourth-order valence-electron chi connectivity index (χ4n) is 2.20. The zero-order chi connectivity index (χ0) is 17.3. The predicted octanol–water partition coefficient (Wildman–Crippen LogP) is 7.21. The topological polar surface area (TPSA) is 12.4 Å². The van der Waals surface area contributed by atoms with Gasteiger partial charge in [-0.15, -0.1) is 0 Å². The lowest BCUT2D eigenvalue weighted by Crippen LogP contribution is -1.88. The van der Waals surface area contributed by atoms with Crippen LogP contribution in [0, 0.1) is 0 Å². The minimum Gasteiger partial charge on any atom is -0.242 e. The van der Waals surface area contributed by atoms with Crippen LogP contribution in [0.25, 0.3) is 0 Å². The summed E-state index contributed by atoms with van der Waals surface area (Å²) in [5, 5.41) is 0.985. The second-order valence-electron chi connectivity index (χ2n) is 5.37. The fraction of sp³-hybridized carbons (Fsp3) is 0.0455. The summed E-state index contributed by atoms with van der Waals surface area (Å²) in [6.45, 7) is 2.13. The van der Waals surface area contributed by atoms with E-state index in [-0.39, 0.29) is 0 Å². The highest BCUT2D eigenvalue weighted by molar-refractivity contribution is 8.14. The summed E-state index contributed by atoms with van der Waals surface area (Å²) in [5.41, 5.74) is 0.967. The summed E-state index contributed by atoms with van der Waals surface area (Å²) in [6, 6.07) is 30.9. The van der Waals surface area contributed by atoms with Gasteiger partial charge in [-0.2, -0.15) is 0 Å². The second kappa shape index (κ2) is 9.30. The maximum Gasteiger partial charge on any atom is 0.102 e. The Balaban J connectivity index is 1.85. The molecule has 1 nitrogen and oxygen atoms in total. The largest absolute Gasteiger partial charge is 0.242 e. The summed E-state index contributed by atoms with van der Waals surface area (Å²) in [7, 11) is 0. The number of rotatable bonds is 5. The molecule has 0 aliphatic rings. The molecule has 3 aromatic rings. The van der Waals surface area contributed by atoms with Crippen LogP contribution in [0.15, 0.2) is 117 Å². The van der Waals surface area contributed by atoms with E-state index in [2.05, 4.69) is 61.5 Å². The number of hydrogen-bond donors (Lipinski definition) is 0. The van der Waals surface area contributed by atoms with Crippen molar-refractivity contribution in [3.8, 4) is 0 Å². The van der Waals surface area contributed by atoms with E-state index in [4.69, 9.17) is 4.99 Å². The van der Waals surface area contributed by atoms with Crippen molar-refractivity contribution in [2.45, 2.75) is 16.7 Å². The highest BCUT2D eigenvalue weighted by Crippen LogP contribution is 2.29. The molecule has 0 unspecified atom stereocenters. The molecule has 0 fully saturated rings. The summed E-state index contributed by atoms with van der Waals surface area (Å²) in [4.78, 5) is 8.46. The Bertz CT molecular complexity index is 841. The average Bonchev–Trinajstić information content (AvgIpc) is 2.64. The third-order valence-electron chi connectivity index (χ3n) is 3.31. The first-order valence-electron chi connectivity index (χ1n) is 8.07. The van der Waals surface area contributed by atoms with Crippen molar-refractivity contribution in [1.29, 1.82) is 0 Å². The first kappa shape index (κ1) is 17.6. The van der Waals surface area contributed by atoms with Crippen molar-refractivity contribution in [1.82, 2.24) is 0 Å². The second-order valence-corrected chi connectivity index (χ2v) is 7.78. The highest BCUT2D eigenvalue weighted by Gasteiger charge is 2.03. The van der Waals surface area contributed by atoms with E-state index in [1.54, 1.807) is 23.5 Å². The fourth-order valence-corrected chi connectivity index (χ4v) is 4.03. The molecular formula is C22H19NS2. The van der Waals surface area contributed by atoms with Crippen LogP contribution in [0.4, 0.5) is 5.69 Å². The molecule has 0 amide bonds. The van der Waals surface area contributed by atoms with E-state index in [1.165, 1.54) is 14.7 Å². The Labute approximate surface area is 157 Å². The molecule has 3 aromatic carbocycles. The minimum absolute atomic E-state index is 0.967. The van der Waals surface area contributed by atoms with Crippen LogP contribution in [0.1, 0.15) is 6.92 Å². The Morgan fingerprint density at radius 3 is 1.72 bits per heavy atom. The number of nitrogens with zero attached hydrogens (tertiary/aromatic N) is 1. The molecular weight excluding hydrogens is 342 g/mol. The molecule has 0 saturated heterocycles. The lowest BCUT2D eigenvalue weighted by molar-refractivity contribution is 1.46. The lowest BCUT2D eigenvalue weighted by atomic mass is 10.3. The Morgan fingerprint density at radius 1 is 0.680 bits per heavy atom. The molecule has 0 N–H and O–H groups in total. The van der Waals surface area contributed by atoms with Crippen molar-refractivity contribution < 1.29 is 0 Å². The number of thioether (sulfide) groups is 2. The van der Waals surface area contributed by atoms with Crippen molar-refractivity contribution in [2.75, 3.05) is 0 Å². The van der Waals surface area contributed by atoms with Gasteiger partial charge in [0.1, 0.15) is 5.04 Å². The SMILES string of the molecule is CC(=CC(=Nc1ccccc1)Sc1ccccc1)Sc1ccccc1. The highest BCUT2D eigenvalue weighted by atomic mass is 32.2. The molecule has 3 heteroatoms. The molecule has 0 aliphatic heterocycles. The first-order chi connectivity index (χ1) is 12.3. The number of benzene rings is 3. The van der Waals surface area contributed by atoms with Gasteiger partial charge in [0.25, 0.3) is 0 Å². The predicted molar refractivity (Wildman–Crippen MR) is 112 cm³/mol. The van der Waals surface area contributed by atoms with Crippen LogP contribution < -0.4 is 0 Å². The molecule has 0 heterocycles. The maximum absolute atomic E-state index is 4.83. The van der Waals surface area contributed by atoms with E-state index in [0.29, 0.717) is 0 Å². The summed E-state index contributed by atoms with van der Waals surface area (Å²) >= 11 is 3.44. The first-order valence-corrected chi connectivity index (χ1v) is 9.71. The summed E-state index contributed by atoms with van der Waals surface area (Å²) in [5.74, 6) is 0. The summed E-state index contributed by atoms with van der Waals surface area (Å²) < 4.78 is 0. The molecule has 25 heavy (non-hydrogen) atoms. The van der Waals surface area contributed by atoms with Gasteiger partial charge in [0.15, 0.2) is 0 Å². The molecule has 0 bridgehead atoms. The molecule has 3 rings (SSSR count). The maximum atomic E-state index is 4.83. The quantitative estimate of drug-likeness (QED) is 0.270. The van der Waals surface area contributed by atoms with E-state index in [1.807, 2.05) is 42.5 Å². The van der Waals surface area contributed by atoms with Crippen LogP contribution >= 0.6 is 23.5 Å². The van der Waals surface area contributed by atoms with E-state index in [9.17, 15) is 0 Å². The van der Waals surface area contributed by atoms with Crippen LogP contribution in [0.3, 0.4) is 0 Å². The molecule has 0 aliphatic carbocycles. The van der Waals surface area contributed by atoms with Gasteiger partial charge in [-0.25, -0.2) is 4.99 Å². The van der Waals surface area contributed by atoms with Gasteiger partial charge >= 0.3 is 0 Å². The normalized spacial score (nSPS) is 12.2. The van der Waals surface area contributed by atoms with E-state index < -0.39 is 0 Å². The molecule has 0 radical (unpaired) electrons. The number of hydrogen-bond acceptors (Lipinski definition) is 3. The Kier molecular flexibility index (Phi) is 6.55. The zero-order valence-corrected chi connectivity index (χ0v) is 15.6. The zero-order valence-electron chi connectivity index (χ0n) is 14.0. The van der Waals surface area contributed by atoms with Crippen molar-refractivity contribution in [3.05, 3.63) is 102 Å². The molecule has 124 valence electrons. The number of allylic oxidation sites excluding steroid dienone is 1. The van der Waals surface area contributed by atoms with Gasteiger partial charge < -0.3 is 0 Å². The summed E-state index contributed by atoms with van der Waals surface area (Å²) in [6.07, 6.45) is 2.16. The van der Waals surface area contributed by atoms with E-state index >= 15 is 0 Å². The smallest absolute Gasteiger partial charge is 0.102 e. The monoisotopic (exact) mass is 361 g/mol. The van der Waals surface area contributed by atoms with Crippen LogP contribution in [0.5, 0.6) is 0 Å².